The van der Waals surface area contributed by atoms with Crippen molar-refractivity contribution in [3.05, 3.63) is 0 Å². The molecule has 0 unspecified atom stereocenters. The largest absolute Gasteiger partial charge is 0.469 e. The molecule has 0 bridgehead atoms. The first kappa shape index (κ1) is 17.8. The lowest BCUT2D eigenvalue weighted by atomic mass is 9.38. The van der Waals surface area contributed by atoms with E-state index in [1.54, 1.807) is 0 Å². The van der Waals surface area contributed by atoms with Crippen molar-refractivity contribution in [2.75, 3.05) is 7.11 Å². The molecule has 0 aromatic rings. The first-order valence-corrected chi connectivity index (χ1v) is 10.3. The third kappa shape index (κ3) is 2.30. The van der Waals surface area contributed by atoms with Gasteiger partial charge >= 0.3 is 5.97 Å². The van der Waals surface area contributed by atoms with Crippen molar-refractivity contribution in [3.8, 4) is 0 Å². The maximum atomic E-state index is 12.2. The molecule has 142 valence electrons. The van der Waals surface area contributed by atoms with Gasteiger partial charge in [-0.15, -0.1) is 0 Å². The highest BCUT2D eigenvalue weighted by atomic mass is 16.6. The summed E-state index contributed by atoms with van der Waals surface area (Å²) >= 11 is 0. The molecule has 3 heteroatoms. The van der Waals surface area contributed by atoms with Gasteiger partial charge in [0.2, 0.25) is 0 Å². The van der Waals surface area contributed by atoms with Crippen LogP contribution < -0.4 is 0 Å². The molecule has 0 aromatic carbocycles. The van der Waals surface area contributed by atoms with Crippen molar-refractivity contribution < 1.29 is 14.3 Å². The molecule has 0 radical (unpaired) electrons. The monoisotopic (exact) mass is 348 g/mol. The molecule has 4 rings (SSSR count). The molecule has 7 atom stereocenters. The zero-order chi connectivity index (χ0) is 18.3. The van der Waals surface area contributed by atoms with Crippen LogP contribution >= 0.6 is 0 Å². The fraction of sp³-hybridized carbons (Fsp3) is 0.955. The summed E-state index contributed by atoms with van der Waals surface area (Å²) in [6.45, 7) is 12.3. The van der Waals surface area contributed by atoms with Gasteiger partial charge in [-0.1, -0.05) is 34.1 Å². The highest BCUT2D eigenvalue weighted by molar-refractivity contribution is 5.70. The van der Waals surface area contributed by atoms with Gasteiger partial charge in [0.05, 0.1) is 25.2 Å². The van der Waals surface area contributed by atoms with Crippen LogP contribution in [0.3, 0.4) is 0 Å². The minimum atomic E-state index is -0.104. The van der Waals surface area contributed by atoms with Crippen LogP contribution in [0.4, 0.5) is 0 Å². The molecule has 3 nitrogen and oxygen atoms in total. The number of carbonyl (C=O) groups is 1. The Kier molecular flexibility index (Phi) is 3.74. The molecule has 3 saturated carbocycles. The molecule has 4 fully saturated rings. The van der Waals surface area contributed by atoms with Crippen LogP contribution in [-0.4, -0.2) is 24.8 Å². The molecule has 25 heavy (non-hydrogen) atoms. The van der Waals surface area contributed by atoms with Crippen molar-refractivity contribution in [2.45, 2.75) is 91.3 Å². The molecule has 3 aliphatic carbocycles. The number of carbonyl (C=O) groups excluding carboxylic acids is 1. The Labute approximate surface area is 153 Å². The molecule has 1 saturated heterocycles. The van der Waals surface area contributed by atoms with E-state index in [2.05, 4.69) is 34.6 Å². The van der Waals surface area contributed by atoms with Gasteiger partial charge in [0.25, 0.3) is 0 Å². The Morgan fingerprint density at radius 2 is 1.76 bits per heavy atom. The Morgan fingerprint density at radius 3 is 2.44 bits per heavy atom. The number of hydrogen-bond donors (Lipinski definition) is 0. The Hall–Kier alpha value is -0.570. The zero-order valence-electron chi connectivity index (χ0n) is 17.0. The van der Waals surface area contributed by atoms with Gasteiger partial charge in [-0.3, -0.25) is 4.79 Å². The summed E-state index contributed by atoms with van der Waals surface area (Å²) < 4.78 is 11.3. The van der Waals surface area contributed by atoms with Crippen LogP contribution in [-0.2, 0) is 14.3 Å². The van der Waals surface area contributed by atoms with E-state index >= 15 is 0 Å². The van der Waals surface area contributed by atoms with Gasteiger partial charge in [0.1, 0.15) is 0 Å². The van der Waals surface area contributed by atoms with E-state index in [1.807, 2.05) is 0 Å². The third-order valence-corrected chi connectivity index (χ3v) is 9.35. The molecule has 1 aliphatic heterocycles. The summed E-state index contributed by atoms with van der Waals surface area (Å²) in [5, 5.41) is 0. The molecule has 0 N–H and O–H groups in total. The van der Waals surface area contributed by atoms with Crippen molar-refractivity contribution in [3.63, 3.8) is 0 Å². The van der Waals surface area contributed by atoms with Crippen molar-refractivity contribution >= 4 is 5.97 Å². The predicted octanol–water partition coefficient (Wildman–Crippen LogP) is 4.98. The molecule has 1 heterocycles. The van der Waals surface area contributed by atoms with Crippen LogP contribution in [0.15, 0.2) is 0 Å². The van der Waals surface area contributed by atoms with Gasteiger partial charge in [0.15, 0.2) is 0 Å². The standard InChI is InChI=1S/C22H36O3/c1-19(2)9-7-10-20(3)14(19)8-11-21(4)15(20)12-17-22(5,25-17)16(21)13-18(23)24-6/h14-17H,7-13H2,1-6H3/t14-,15+,16-,17-,20-,21+,22+/m0/s1. The van der Waals surface area contributed by atoms with Crippen molar-refractivity contribution in [1.29, 1.82) is 0 Å². The molecular formula is C22H36O3. The summed E-state index contributed by atoms with van der Waals surface area (Å²) in [4.78, 5) is 12.2. The number of methoxy groups -OCH3 is 1. The fourth-order valence-corrected chi connectivity index (χ4v) is 8.06. The second kappa shape index (κ2) is 5.24. The molecule has 4 aliphatic rings. The summed E-state index contributed by atoms with van der Waals surface area (Å²) in [6, 6.07) is 0. The molecule has 0 spiro atoms. The van der Waals surface area contributed by atoms with Crippen LogP contribution in [0.5, 0.6) is 0 Å². The van der Waals surface area contributed by atoms with Crippen LogP contribution in [0, 0.1) is 34.0 Å². The molecule has 0 amide bonds. The number of esters is 1. The van der Waals surface area contributed by atoms with E-state index in [0.717, 1.165) is 5.92 Å². The second-order valence-electron chi connectivity index (χ2n) is 10.9. The van der Waals surface area contributed by atoms with E-state index in [-0.39, 0.29) is 17.0 Å². The van der Waals surface area contributed by atoms with Gasteiger partial charge in [-0.2, -0.15) is 0 Å². The highest BCUT2D eigenvalue weighted by Gasteiger charge is 2.72. The van der Waals surface area contributed by atoms with Crippen molar-refractivity contribution in [1.82, 2.24) is 0 Å². The number of fused-ring (bicyclic) bond motifs is 4. The Morgan fingerprint density at radius 1 is 1.04 bits per heavy atom. The minimum absolute atomic E-state index is 0.0707. The smallest absolute Gasteiger partial charge is 0.305 e. The summed E-state index contributed by atoms with van der Waals surface area (Å²) in [6.07, 6.45) is 8.63. The summed E-state index contributed by atoms with van der Waals surface area (Å²) in [5.41, 5.74) is 0.912. The van der Waals surface area contributed by atoms with Gasteiger partial charge in [-0.25, -0.2) is 0 Å². The normalized spacial score (nSPS) is 53.2. The maximum Gasteiger partial charge on any atom is 0.305 e. The number of epoxide rings is 1. The quantitative estimate of drug-likeness (QED) is 0.522. The van der Waals surface area contributed by atoms with Crippen molar-refractivity contribution in [2.24, 2.45) is 34.0 Å². The number of rotatable bonds is 2. The lowest BCUT2D eigenvalue weighted by Gasteiger charge is -2.65. The number of hydrogen-bond acceptors (Lipinski definition) is 3. The SMILES string of the molecule is COC(=O)C[C@H]1[C@]2(C)CC[C@H]3C(C)(C)CCC[C@]3(C)[C@H]2C[C@@H]2O[C@@]21C. The molecular weight excluding hydrogens is 312 g/mol. The minimum Gasteiger partial charge on any atom is -0.469 e. The fourth-order valence-electron chi connectivity index (χ4n) is 8.06. The lowest BCUT2D eigenvalue weighted by molar-refractivity contribution is -0.171. The van der Waals surface area contributed by atoms with Crippen LogP contribution in [0.1, 0.15) is 79.6 Å². The predicted molar refractivity (Wildman–Crippen MR) is 98.1 cm³/mol. The first-order valence-electron chi connectivity index (χ1n) is 10.3. The summed E-state index contributed by atoms with van der Waals surface area (Å²) in [7, 11) is 1.51. The topological polar surface area (TPSA) is 38.8 Å². The average molecular weight is 349 g/mol. The first-order chi connectivity index (χ1) is 11.6. The highest BCUT2D eigenvalue weighted by Crippen LogP contribution is 2.73. The van der Waals surface area contributed by atoms with E-state index in [4.69, 9.17) is 9.47 Å². The van der Waals surface area contributed by atoms with E-state index in [0.29, 0.717) is 35.2 Å². The van der Waals surface area contributed by atoms with Gasteiger partial charge in [0, 0.05) is 5.92 Å². The van der Waals surface area contributed by atoms with Crippen LogP contribution in [0.25, 0.3) is 0 Å². The molecule has 0 aromatic heterocycles. The van der Waals surface area contributed by atoms with Gasteiger partial charge < -0.3 is 9.47 Å². The van der Waals surface area contributed by atoms with Crippen LogP contribution in [0.2, 0.25) is 0 Å². The Bertz CT molecular complexity index is 584. The lowest BCUT2D eigenvalue weighted by Crippen LogP contribution is -2.61. The Balaban J connectivity index is 1.72. The zero-order valence-corrected chi connectivity index (χ0v) is 17.0. The average Bonchev–Trinajstić information content (AvgIpc) is 3.19. The van der Waals surface area contributed by atoms with E-state index in [1.165, 1.54) is 45.6 Å². The third-order valence-electron chi connectivity index (χ3n) is 9.35. The number of ether oxygens (including phenoxy) is 2. The van der Waals surface area contributed by atoms with E-state index < -0.39 is 0 Å². The van der Waals surface area contributed by atoms with Gasteiger partial charge in [-0.05, 0) is 67.1 Å². The summed E-state index contributed by atoms with van der Waals surface area (Å²) in [5.74, 6) is 1.68. The van der Waals surface area contributed by atoms with E-state index in [9.17, 15) is 4.79 Å². The second-order valence-corrected chi connectivity index (χ2v) is 10.9. The maximum absolute atomic E-state index is 12.2.